The summed E-state index contributed by atoms with van der Waals surface area (Å²) in [5, 5.41) is 15.7. The van der Waals surface area contributed by atoms with E-state index >= 15 is 0 Å². The van der Waals surface area contributed by atoms with Crippen molar-refractivity contribution in [3.8, 4) is 0 Å². The van der Waals surface area contributed by atoms with Gasteiger partial charge in [-0.2, -0.15) is 0 Å². The minimum Gasteiger partial charge on any atom is -0.651 e. The van der Waals surface area contributed by atoms with Gasteiger partial charge in [0.15, 0.2) is 0 Å². The van der Waals surface area contributed by atoms with E-state index < -0.39 is 5.60 Å². The molecule has 0 aromatic carbocycles. The molecule has 0 bridgehead atoms. The lowest BCUT2D eigenvalue weighted by molar-refractivity contribution is -0.914. The number of nitrogens with zero attached hydrogens (tertiary/aromatic N) is 1. The highest BCUT2D eigenvalue weighted by Gasteiger charge is 2.49. The van der Waals surface area contributed by atoms with Gasteiger partial charge in [0.25, 0.3) is 0 Å². The lowest BCUT2D eigenvalue weighted by Gasteiger charge is -2.47. The Morgan fingerprint density at radius 1 is 1.16 bits per heavy atom. The van der Waals surface area contributed by atoms with Crippen LogP contribution in [0.15, 0.2) is 0 Å². The third-order valence-electron chi connectivity index (χ3n) is 7.85. The average Bonchev–Trinajstić information content (AvgIpc) is 3.11. The Labute approximate surface area is 153 Å². The van der Waals surface area contributed by atoms with Crippen LogP contribution in [0.1, 0.15) is 72.1 Å². The van der Waals surface area contributed by atoms with Gasteiger partial charge in [0.05, 0.1) is 36.9 Å². The van der Waals surface area contributed by atoms with Gasteiger partial charge in [-0.15, -0.1) is 6.04 Å². The Hall–Kier alpha value is -0.160. The summed E-state index contributed by atoms with van der Waals surface area (Å²) in [6.45, 7) is 7.33. The molecule has 3 aliphatic heterocycles. The minimum atomic E-state index is -0.738. The van der Waals surface area contributed by atoms with E-state index in [4.69, 9.17) is 10.1 Å². The van der Waals surface area contributed by atoms with Gasteiger partial charge in [-0.25, -0.2) is 0 Å². The Morgan fingerprint density at radius 3 is 2.64 bits per heavy atom. The number of aliphatic hydroxyl groups is 1. The van der Waals surface area contributed by atoms with Gasteiger partial charge < -0.3 is 20.1 Å². The van der Waals surface area contributed by atoms with Crippen molar-refractivity contribution in [1.82, 2.24) is 0 Å². The second-order valence-corrected chi connectivity index (χ2v) is 10.3. The Bertz CT molecular complexity index is 491. The maximum absolute atomic E-state index is 10.3. The van der Waals surface area contributed by atoms with E-state index in [1.165, 1.54) is 38.6 Å². The van der Waals surface area contributed by atoms with Gasteiger partial charge in [-0.05, 0) is 46.0 Å². The number of rotatable bonds is 3. The van der Waals surface area contributed by atoms with Crippen molar-refractivity contribution < 1.29 is 14.7 Å². The molecule has 144 valence electrons. The lowest BCUT2D eigenvalue weighted by atomic mass is 9.73. The fourth-order valence-electron chi connectivity index (χ4n) is 6.37. The minimum absolute atomic E-state index is 0.0275. The van der Waals surface area contributed by atoms with Gasteiger partial charge in [-0.1, -0.05) is 37.6 Å². The van der Waals surface area contributed by atoms with Crippen molar-refractivity contribution in [3.05, 3.63) is 5.32 Å². The quantitative estimate of drug-likeness (QED) is 0.820. The normalized spacial score (nSPS) is 50.5. The summed E-state index contributed by atoms with van der Waals surface area (Å²) in [6.07, 6.45) is 10.0. The molecule has 8 atom stereocenters. The van der Waals surface area contributed by atoms with E-state index in [2.05, 4.69) is 14.0 Å². The van der Waals surface area contributed by atoms with Crippen LogP contribution in [-0.2, 0) is 4.74 Å². The first-order chi connectivity index (χ1) is 11.8. The molecule has 0 radical (unpaired) electrons. The van der Waals surface area contributed by atoms with Crippen LogP contribution in [0.4, 0.5) is 0 Å². The maximum atomic E-state index is 10.3. The second-order valence-electron chi connectivity index (χ2n) is 10.3. The van der Waals surface area contributed by atoms with Crippen molar-refractivity contribution in [3.63, 3.8) is 0 Å². The van der Waals surface area contributed by atoms with Crippen LogP contribution in [0.2, 0.25) is 0 Å². The molecular weight excluding hydrogens is 312 g/mol. The predicted octanol–water partition coefficient (Wildman–Crippen LogP) is 2.30. The molecule has 1 aliphatic carbocycles. The zero-order valence-electron chi connectivity index (χ0n) is 16.6. The standard InChI is InChI=1S/C21H37N2O2/c1-20(2,24)18-9-11-21(3,25-18)13-17-19-15(10-12-23(17)4)14-7-5-6-8-16(14)22-19/h14-19,24H,5-13H2,1-4H3/q-1/p+1/t14?,15?,16?,17?,18-,19?,21-/m1/s1. The van der Waals surface area contributed by atoms with E-state index in [1.54, 1.807) is 4.90 Å². The number of quaternary nitrogens is 1. The first-order valence-corrected chi connectivity index (χ1v) is 10.7. The zero-order chi connectivity index (χ0) is 17.8. The number of likely N-dealkylation sites (tertiary alicyclic amines) is 1. The van der Waals surface area contributed by atoms with Crippen molar-refractivity contribution in [1.29, 1.82) is 0 Å². The number of piperidine rings is 1. The van der Waals surface area contributed by atoms with Crippen LogP contribution in [0.5, 0.6) is 0 Å². The SMILES string of the molecule is C[NH+]1CCC2C3CCCCC3[N-]C2C1C[C@@]1(C)CC[C@H](C(C)(C)O)O1. The maximum Gasteiger partial charge on any atom is 0.0865 e. The third-order valence-corrected chi connectivity index (χ3v) is 7.85. The highest BCUT2D eigenvalue weighted by molar-refractivity contribution is 5.19. The molecule has 4 heteroatoms. The van der Waals surface area contributed by atoms with Crippen LogP contribution in [0.3, 0.4) is 0 Å². The van der Waals surface area contributed by atoms with Crippen molar-refractivity contribution in [2.24, 2.45) is 11.8 Å². The van der Waals surface area contributed by atoms with Crippen LogP contribution in [0.25, 0.3) is 5.32 Å². The lowest BCUT2D eigenvalue weighted by Crippen LogP contribution is -3.16. The molecule has 3 saturated heterocycles. The molecule has 4 aliphatic rings. The number of likely N-dealkylation sites (N-methyl/N-ethyl adjacent to an activating group) is 1. The number of hydrogen-bond donors (Lipinski definition) is 2. The zero-order valence-corrected chi connectivity index (χ0v) is 16.6. The van der Waals surface area contributed by atoms with E-state index in [1.807, 2.05) is 13.8 Å². The molecule has 25 heavy (non-hydrogen) atoms. The van der Waals surface area contributed by atoms with E-state index in [0.717, 1.165) is 31.1 Å². The van der Waals surface area contributed by atoms with Gasteiger partial charge in [0.1, 0.15) is 0 Å². The molecule has 0 amide bonds. The van der Waals surface area contributed by atoms with Gasteiger partial charge in [0, 0.05) is 6.42 Å². The molecule has 0 spiro atoms. The predicted molar refractivity (Wildman–Crippen MR) is 100.0 cm³/mol. The Balaban J connectivity index is 1.47. The molecular formula is C21H38N2O2. The molecule has 2 N–H and O–H groups in total. The average molecular weight is 351 g/mol. The topological polar surface area (TPSA) is 48.0 Å². The van der Waals surface area contributed by atoms with Crippen LogP contribution < -0.4 is 4.90 Å². The fourth-order valence-corrected chi connectivity index (χ4v) is 6.37. The summed E-state index contributed by atoms with van der Waals surface area (Å²) in [5.74, 6) is 1.70. The van der Waals surface area contributed by atoms with Crippen molar-refractivity contribution in [2.45, 2.75) is 108 Å². The Morgan fingerprint density at radius 2 is 1.92 bits per heavy atom. The summed E-state index contributed by atoms with van der Waals surface area (Å²) in [4.78, 5) is 1.65. The summed E-state index contributed by atoms with van der Waals surface area (Å²) in [7, 11) is 2.37. The van der Waals surface area contributed by atoms with Gasteiger partial charge in [0.2, 0.25) is 0 Å². The first-order valence-electron chi connectivity index (χ1n) is 10.7. The summed E-state index contributed by atoms with van der Waals surface area (Å²) in [5.41, 5.74) is -0.833. The molecule has 4 rings (SSSR count). The van der Waals surface area contributed by atoms with E-state index in [0.29, 0.717) is 18.1 Å². The van der Waals surface area contributed by atoms with Crippen LogP contribution >= 0.6 is 0 Å². The van der Waals surface area contributed by atoms with Crippen LogP contribution in [0, 0.1) is 11.8 Å². The molecule has 4 fully saturated rings. The smallest absolute Gasteiger partial charge is 0.0865 e. The number of fused-ring (bicyclic) bond motifs is 3. The summed E-state index contributed by atoms with van der Waals surface area (Å²) >= 11 is 0. The number of nitrogens with one attached hydrogen (secondary N) is 1. The fraction of sp³-hybridized carbons (Fsp3) is 1.00. The van der Waals surface area contributed by atoms with Crippen molar-refractivity contribution in [2.75, 3.05) is 13.6 Å². The number of ether oxygens (including phenoxy) is 1. The molecule has 4 nitrogen and oxygen atoms in total. The number of hydrogen-bond acceptors (Lipinski definition) is 2. The second kappa shape index (κ2) is 6.47. The van der Waals surface area contributed by atoms with Crippen molar-refractivity contribution >= 4 is 0 Å². The Kier molecular flexibility index (Phi) is 4.71. The first kappa shape index (κ1) is 18.2. The monoisotopic (exact) mass is 350 g/mol. The highest BCUT2D eigenvalue weighted by Crippen LogP contribution is 2.49. The third kappa shape index (κ3) is 3.40. The highest BCUT2D eigenvalue weighted by atomic mass is 16.5. The molecule has 3 heterocycles. The molecule has 6 unspecified atom stereocenters. The van der Waals surface area contributed by atoms with Crippen LogP contribution in [-0.4, -0.2) is 54.1 Å². The van der Waals surface area contributed by atoms with E-state index in [9.17, 15) is 5.11 Å². The molecule has 1 saturated carbocycles. The molecule has 0 aromatic rings. The summed E-state index contributed by atoms with van der Waals surface area (Å²) in [6, 6.07) is 1.79. The summed E-state index contributed by atoms with van der Waals surface area (Å²) < 4.78 is 6.43. The van der Waals surface area contributed by atoms with E-state index in [-0.39, 0.29) is 11.7 Å². The largest absolute Gasteiger partial charge is 0.651 e. The van der Waals surface area contributed by atoms with Gasteiger partial charge in [-0.3, -0.25) is 0 Å². The van der Waals surface area contributed by atoms with Gasteiger partial charge >= 0.3 is 0 Å². The molecule has 0 aromatic heterocycles.